The van der Waals surface area contributed by atoms with Gasteiger partial charge in [-0.3, -0.25) is 4.79 Å². The molecule has 4 heteroatoms. The van der Waals surface area contributed by atoms with Gasteiger partial charge in [0.05, 0.1) is 0 Å². The molecule has 0 aromatic heterocycles. The summed E-state index contributed by atoms with van der Waals surface area (Å²) >= 11 is 0. The molecule has 1 aliphatic rings. The van der Waals surface area contributed by atoms with Crippen LogP contribution in [0.1, 0.15) is 55.4 Å². The molecule has 1 N–H and O–H groups in total. The van der Waals surface area contributed by atoms with E-state index in [0.717, 1.165) is 28.8 Å². The number of carbonyl (C=O) groups is 1. The first-order chi connectivity index (χ1) is 13.6. The van der Waals surface area contributed by atoms with E-state index >= 15 is 0 Å². The van der Waals surface area contributed by atoms with Crippen LogP contribution in [0.3, 0.4) is 0 Å². The van der Waals surface area contributed by atoms with Crippen LogP contribution in [0.15, 0.2) is 42.0 Å². The summed E-state index contributed by atoms with van der Waals surface area (Å²) in [6.45, 7) is 10.7. The van der Waals surface area contributed by atoms with E-state index in [4.69, 9.17) is 0 Å². The number of nitrogens with one attached hydrogen (secondary N) is 1. The van der Waals surface area contributed by atoms with E-state index in [2.05, 4.69) is 56.2 Å². The second-order valence-electron chi connectivity index (χ2n) is 8.67. The predicted octanol–water partition coefficient (Wildman–Crippen LogP) is 5.57. The lowest BCUT2D eigenvalue weighted by Gasteiger charge is -2.45. The van der Waals surface area contributed by atoms with Crippen LogP contribution in [0.2, 0.25) is 0 Å². The fraction of sp³-hybridized carbons (Fsp3) is 0.360. The number of hydrogen-bond donors (Lipinski definition) is 1. The summed E-state index contributed by atoms with van der Waals surface area (Å²) in [5, 5.41) is 12.4. The average molecular weight is 388 g/mol. The maximum Gasteiger partial charge on any atom is 0.266 e. The van der Waals surface area contributed by atoms with Gasteiger partial charge < -0.3 is 10.2 Å². The van der Waals surface area contributed by atoms with Crippen LogP contribution >= 0.6 is 0 Å². The molecule has 0 saturated heterocycles. The summed E-state index contributed by atoms with van der Waals surface area (Å²) in [5.41, 5.74) is 6.38. The van der Waals surface area contributed by atoms with Crippen LogP contribution in [-0.2, 0) is 4.79 Å². The topological polar surface area (TPSA) is 56.1 Å². The third-order valence-corrected chi connectivity index (χ3v) is 6.19. The molecule has 2 aromatic rings. The molecule has 1 atom stereocenters. The minimum atomic E-state index is -0.384. The van der Waals surface area contributed by atoms with Crippen molar-refractivity contribution in [3.8, 4) is 6.07 Å². The molecule has 0 spiro atoms. The Kier molecular flexibility index (Phi) is 5.53. The lowest BCUT2D eigenvalue weighted by atomic mass is 9.80. The highest BCUT2D eigenvalue weighted by molar-refractivity contribution is 6.10. The van der Waals surface area contributed by atoms with Gasteiger partial charge in [-0.1, -0.05) is 25.1 Å². The van der Waals surface area contributed by atoms with Gasteiger partial charge in [-0.15, -0.1) is 0 Å². The van der Waals surface area contributed by atoms with E-state index in [9.17, 15) is 10.1 Å². The van der Waals surface area contributed by atoms with Crippen molar-refractivity contribution in [3.05, 3.63) is 64.2 Å². The van der Waals surface area contributed by atoms with Gasteiger partial charge in [0.15, 0.2) is 0 Å². The summed E-state index contributed by atoms with van der Waals surface area (Å²) in [7, 11) is 2.12. The van der Waals surface area contributed by atoms with Gasteiger partial charge in [-0.05, 0) is 86.6 Å². The highest BCUT2D eigenvalue weighted by Crippen LogP contribution is 2.42. The molecule has 29 heavy (non-hydrogen) atoms. The highest BCUT2D eigenvalue weighted by atomic mass is 16.1. The molecule has 0 bridgehead atoms. The second-order valence-corrected chi connectivity index (χ2v) is 8.67. The zero-order valence-corrected chi connectivity index (χ0v) is 18.1. The maximum atomic E-state index is 12.7. The van der Waals surface area contributed by atoms with Gasteiger partial charge in [0, 0.05) is 24.0 Å². The van der Waals surface area contributed by atoms with Crippen LogP contribution in [0.25, 0.3) is 6.08 Å². The van der Waals surface area contributed by atoms with Crippen LogP contribution in [-0.4, -0.2) is 18.5 Å². The number of amides is 1. The molecule has 2 aromatic carbocycles. The fourth-order valence-corrected chi connectivity index (χ4v) is 4.08. The Morgan fingerprint density at radius 2 is 2.00 bits per heavy atom. The lowest BCUT2D eigenvalue weighted by molar-refractivity contribution is -0.112. The molecular formula is C25H29N3O. The molecule has 1 amide bonds. The number of nitriles is 1. The van der Waals surface area contributed by atoms with Crippen LogP contribution in [0.4, 0.5) is 11.4 Å². The van der Waals surface area contributed by atoms with Crippen LogP contribution < -0.4 is 10.2 Å². The minimum absolute atomic E-state index is 0.100. The number of benzene rings is 2. The van der Waals surface area contributed by atoms with Crippen molar-refractivity contribution in [2.24, 2.45) is 0 Å². The molecule has 0 radical (unpaired) electrons. The number of rotatable bonds is 3. The van der Waals surface area contributed by atoms with Crippen molar-refractivity contribution in [3.63, 3.8) is 0 Å². The monoisotopic (exact) mass is 387 g/mol. The van der Waals surface area contributed by atoms with Crippen molar-refractivity contribution in [1.29, 1.82) is 5.26 Å². The molecule has 4 nitrogen and oxygen atoms in total. The summed E-state index contributed by atoms with van der Waals surface area (Å²) in [5.74, 6) is 0.0316. The van der Waals surface area contributed by atoms with E-state index in [0.29, 0.717) is 5.92 Å². The van der Waals surface area contributed by atoms with Gasteiger partial charge in [-0.2, -0.15) is 5.26 Å². The normalized spacial score (nSPS) is 18.0. The molecule has 0 fully saturated rings. The molecule has 150 valence electrons. The molecule has 1 aliphatic heterocycles. The predicted molar refractivity (Wildman–Crippen MR) is 120 cm³/mol. The Bertz CT molecular complexity index is 1030. The SMILES string of the molecule is Cc1cccc(NC(=O)/C(C#N)=C\c2ccc3c(c2)[C@H](C)CC(C)(C)N3C)c1C. The fourth-order valence-electron chi connectivity index (χ4n) is 4.08. The highest BCUT2D eigenvalue weighted by Gasteiger charge is 2.33. The first-order valence-corrected chi connectivity index (χ1v) is 10.0. The standard InChI is InChI=1S/C25H29N3O/c1-16-8-7-9-22(18(16)3)27-24(29)20(15-26)12-19-10-11-23-21(13-19)17(2)14-25(4,5)28(23)6/h7-13,17H,14H2,1-6H3,(H,27,29)/b20-12-/t17-/m1/s1. The molecule has 3 rings (SSSR count). The Morgan fingerprint density at radius 3 is 2.69 bits per heavy atom. The molecule has 0 unspecified atom stereocenters. The molecule has 0 saturated carbocycles. The van der Waals surface area contributed by atoms with Crippen molar-refractivity contribution in [2.45, 2.75) is 52.5 Å². The zero-order valence-electron chi connectivity index (χ0n) is 18.1. The maximum absolute atomic E-state index is 12.7. The number of fused-ring (bicyclic) bond motifs is 1. The van der Waals surface area contributed by atoms with Gasteiger partial charge in [0.25, 0.3) is 5.91 Å². The van der Waals surface area contributed by atoms with Gasteiger partial charge in [0.2, 0.25) is 0 Å². The van der Waals surface area contributed by atoms with Crippen LogP contribution in [0.5, 0.6) is 0 Å². The summed E-state index contributed by atoms with van der Waals surface area (Å²) in [6.07, 6.45) is 2.73. The number of hydrogen-bond acceptors (Lipinski definition) is 3. The Morgan fingerprint density at radius 1 is 1.28 bits per heavy atom. The van der Waals surface area contributed by atoms with E-state index in [1.807, 2.05) is 38.1 Å². The Labute approximate surface area is 173 Å². The lowest BCUT2D eigenvalue weighted by Crippen LogP contribution is -2.45. The first kappa shape index (κ1) is 20.7. The Hall–Kier alpha value is -3.06. The molecular weight excluding hydrogens is 358 g/mol. The van der Waals surface area contributed by atoms with Gasteiger partial charge in [-0.25, -0.2) is 0 Å². The van der Waals surface area contributed by atoms with Gasteiger partial charge >= 0.3 is 0 Å². The van der Waals surface area contributed by atoms with Crippen molar-refractivity contribution in [1.82, 2.24) is 0 Å². The third kappa shape index (κ3) is 4.05. The van der Waals surface area contributed by atoms with Crippen molar-refractivity contribution >= 4 is 23.4 Å². The quantitative estimate of drug-likeness (QED) is 0.553. The summed E-state index contributed by atoms with van der Waals surface area (Å²) in [4.78, 5) is 15.0. The number of carbonyl (C=O) groups excluding carboxylic acids is 1. The summed E-state index contributed by atoms with van der Waals surface area (Å²) < 4.78 is 0. The number of anilines is 2. The van der Waals surface area contributed by atoms with E-state index < -0.39 is 0 Å². The minimum Gasteiger partial charge on any atom is -0.369 e. The smallest absolute Gasteiger partial charge is 0.266 e. The third-order valence-electron chi connectivity index (χ3n) is 6.19. The largest absolute Gasteiger partial charge is 0.369 e. The number of aryl methyl sites for hydroxylation is 1. The second kappa shape index (κ2) is 7.75. The zero-order chi connectivity index (χ0) is 21.3. The van der Waals surface area contributed by atoms with E-state index in [-0.39, 0.29) is 17.0 Å². The van der Waals surface area contributed by atoms with Crippen molar-refractivity contribution < 1.29 is 4.79 Å². The average Bonchev–Trinajstić information content (AvgIpc) is 2.67. The van der Waals surface area contributed by atoms with Gasteiger partial charge in [0.1, 0.15) is 11.6 Å². The van der Waals surface area contributed by atoms with Crippen LogP contribution in [0, 0.1) is 25.2 Å². The summed E-state index contributed by atoms with van der Waals surface area (Å²) in [6, 6.07) is 14.0. The van der Waals surface area contributed by atoms with Crippen molar-refractivity contribution in [2.75, 3.05) is 17.3 Å². The number of nitrogens with zero attached hydrogens (tertiary/aromatic N) is 2. The molecule has 1 heterocycles. The van der Waals surface area contributed by atoms with E-state index in [1.165, 1.54) is 11.3 Å². The van der Waals surface area contributed by atoms with E-state index in [1.54, 1.807) is 6.08 Å². The molecule has 0 aliphatic carbocycles. The first-order valence-electron chi connectivity index (χ1n) is 10.0. The Balaban J connectivity index is 1.90.